The molecule has 1 amide bonds. The first-order valence-corrected chi connectivity index (χ1v) is 11.4. The van der Waals surface area contributed by atoms with Crippen molar-refractivity contribution in [1.29, 1.82) is 0 Å². The zero-order chi connectivity index (χ0) is 19.4. The van der Waals surface area contributed by atoms with Crippen molar-refractivity contribution in [2.24, 2.45) is 0 Å². The molecule has 3 rings (SSSR count). The van der Waals surface area contributed by atoms with Crippen LogP contribution in [-0.2, 0) is 14.8 Å². The van der Waals surface area contributed by atoms with Crippen LogP contribution in [0.2, 0.25) is 0 Å². The van der Waals surface area contributed by atoms with Crippen LogP contribution in [0.4, 0.5) is 5.69 Å². The van der Waals surface area contributed by atoms with Crippen molar-refractivity contribution >= 4 is 44.7 Å². The third-order valence-corrected chi connectivity index (χ3v) is 8.17. The number of rotatable bonds is 6. The van der Waals surface area contributed by atoms with E-state index >= 15 is 0 Å². The smallest absolute Gasteiger partial charge is 0.289 e. The Morgan fingerprint density at radius 2 is 1.85 bits per heavy atom. The summed E-state index contributed by atoms with van der Waals surface area (Å²) < 4.78 is 27.8. The number of amides is 1. The van der Waals surface area contributed by atoms with Crippen LogP contribution in [0.3, 0.4) is 0 Å². The van der Waals surface area contributed by atoms with E-state index in [2.05, 4.69) is 0 Å². The van der Waals surface area contributed by atoms with Gasteiger partial charge < -0.3 is 4.90 Å². The summed E-state index contributed by atoms with van der Waals surface area (Å²) in [5, 5.41) is 13.1. The fourth-order valence-corrected chi connectivity index (χ4v) is 5.98. The summed E-state index contributed by atoms with van der Waals surface area (Å²) in [6.07, 6.45) is 0. The van der Waals surface area contributed by atoms with E-state index in [4.69, 9.17) is 0 Å². The minimum absolute atomic E-state index is 0.0452. The number of thiophene rings is 1. The van der Waals surface area contributed by atoms with Crippen molar-refractivity contribution in [3.63, 3.8) is 0 Å². The van der Waals surface area contributed by atoms with Crippen LogP contribution >= 0.6 is 23.1 Å². The fourth-order valence-electron chi connectivity index (χ4n) is 2.71. The maximum Gasteiger partial charge on any atom is 0.289 e. The van der Waals surface area contributed by atoms with Crippen LogP contribution in [0.5, 0.6) is 0 Å². The largest absolute Gasteiger partial charge is 0.339 e. The van der Waals surface area contributed by atoms with Crippen LogP contribution in [-0.4, -0.2) is 60.4 Å². The number of carbonyl (C=O) groups is 1. The maximum atomic E-state index is 12.8. The van der Waals surface area contributed by atoms with E-state index in [1.54, 1.807) is 16.2 Å². The lowest BCUT2D eigenvalue weighted by Crippen LogP contribution is -2.51. The molecule has 0 unspecified atom stereocenters. The fraction of sp³-hybridized carbons (Fsp3) is 0.312. The highest BCUT2D eigenvalue weighted by Gasteiger charge is 2.34. The van der Waals surface area contributed by atoms with Crippen molar-refractivity contribution in [3.05, 3.63) is 51.9 Å². The van der Waals surface area contributed by atoms with Crippen LogP contribution < -0.4 is 0 Å². The SMILES string of the molecule is O=C(CSc1cccs1)N1CCN(S(=O)(=O)c2ccccc2[N+](=O)[O-])CC1. The monoisotopic (exact) mass is 427 g/mol. The number of benzene rings is 1. The maximum absolute atomic E-state index is 12.8. The highest BCUT2D eigenvalue weighted by molar-refractivity contribution is 8.01. The number of hydrogen-bond donors (Lipinski definition) is 0. The van der Waals surface area contributed by atoms with Crippen molar-refractivity contribution in [2.45, 2.75) is 9.10 Å². The van der Waals surface area contributed by atoms with Crippen LogP contribution in [0.15, 0.2) is 50.9 Å². The van der Waals surface area contributed by atoms with Gasteiger partial charge >= 0.3 is 0 Å². The molecule has 1 aromatic carbocycles. The predicted molar refractivity (Wildman–Crippen MR) is 103 cm³/mol. The average molecular weight is 428 g/mol. The summed E-state index contributed by atoms with van der Waals surface area (Å²) in [4.78, 5) is 24.1. The van der Waals surface area contributed by atoms with E-state index in [-0.39, 0.29) is 37.0 Å². The minimum atomic E-state index is -3.98. The van der Waals surface area contributed by atoms with Crippen molar-refractivity contribution < 1.29 is 18.1 Å². The second kappa shape index (κ2) is 8.38. The highest BCUT2D eigenvalue weighted by atomic mass is 32.2. The first kappa shape index (κ1) is 19.8. The zero-order valence-electron chi connectivity index (χ0n) is 14.2. The molecule has 0 atom stereocenters. The van der Waals surface area contributed by atoms with Gasteiger partial charge in [0, 0.05) is 32.2 Å². The zero-order valence-corrected chi connectivity index (χ0v) is 16.6. The molecular weight excluding hydrogens is 410 g/mol. The molecule has 144 valence electrons. The van der Waals surface area contributed by atoms with Gasteiger partial charge in [-0.3, -0.25) is 14.9 Å². The molecule has 0 bridgehead atoms. The van der Waals surface area contributed by atoms with Crippen molar-refractivity contribution in [2.75, 3.05) is 31.9 Å². The number of piperazine rings is 1. The number of nitro benzene ring substituents is 1. The van der Waals surface area contributed by atoms with E-state index in [1.807, 2.05) is 17.5 Å². The number of nitrogens with zero attached hydrogens (tertiary/aromatic N) is 3. The summed E-state index contributed by atoms with van der Waals surface area (Å²) in [7, 11) is -3.98. The van der Waals surface area contributed by atoms with Crippen LogP contribution in [0.1, 0.15) is 0 Å². The summed E-state index contributed by atoms with van der Waals surface area (Å²) in [5.74, 6) is 0.258. The van der Waals surface area contributed by atoms with Gasteiger partial charge in [0.15, 0.2) is 4.90 Å². The Hall–Kier alpha value is -1.95. The van der Waals surface area contributed by atoms with Gasteiger partial charge in [-0.2, -0.15) is 4.31 Å². The van der Waals surface area contributed by atoms with Gasteiger partial charge in [-0.1, -0.05) is 18.2 Å². The standard InChI is InChI=1S/C16H17N3O5S3/c20-15(12-26-16-6-3-11-25-16)17-7-9-18(10-8-17)27(23,24)14-5-2-1-4-13(14)19(21)22/h1-6,11H,7-10,12H2. The van der Waals surface area contributed by atoms with Crippen LogP contribution in [0.25, 0.3) is 0 Å². The van der Waals surface area contributed by atoms with Gasteiger partial charge in [0.25, 0.3) is 5.69 Å². The minimum Gasteiger partial charge on any atom is -0.339 e. The average Bonchev–Trinajstić information content (AvgIpc) is 3.20. The lowest BCUT2D eigenvalue weighted by atomic mass is 10.3. The Labute approximate surface area is 165 Å². The topological polar surface area (TPSA) is 101 Å². The summed E-state index contributed by atoms with van der Waals surface area (Å²) in [6.45, 7) is 0.765. The Morgan fingerprint density at radius 1 is 1.15 bits per heavy atom. The molecule has 0 N–H and O–H groups in total. The quantitative estimate of drug-likeness (QED) is 0.398. The number of hydrogen-bond acceptors (Lipinski definition) is 7. The normalized spacial score (nSPS) is 15.6. The van der Waals surface area contributed by atoms with E-state index < -0.39 is 20.6 Å². The van der Waals surface area contributed by atoms with E-state index in [0.29, 0.717) is 5.75 Å². The van der Waals surface area contributed by atoms with Gasteiger partial charge in [0.2, 0.25) is 15.9 Å². The molecule has 11 heteroatoms. The molecule has 0 aliphatic carbocycles. The van der Waals surface area contributed by atoms with Crippen LogP contribution in [0, 0.1) is 10.1 Å². The second-order valence-electron chi connectivity index (χ2n) is 5.73. The van der Waals surface area contributed by atoms with Crippen molar-refractivity contribution in [1.82, 2.24) is 9.21 Å². The number of thioether (sulfide) groups is 1. The molecular formula is C16H17N3O5S3. The predicted octanol–water partition coefficient (Wildman–Crippen LogP) is 2.28. The molecule has 8 nitrogen and oxygen atoms in total. The van der Waals surface area contributed by atoms with E-state index in [1.165, 1.54) is 40.3 Å². The second-order valence-corrected chi connectivity index (χ2v) is 9.86. The van der Waals surface area contributed by atoms with Crippen molar-refractivity contribution in [3.8, 4) is 0 Å². The summed E-state index contributed by atoms with van der Waals surface area (Å²) in [5.41, 5.74) is -0.441. The lowest BCUT2D eigenvalue weighted by molar-refractivity contribution is -0.387. The van der Waals surface area contributed by atoms with Gasteiger partial charge in [0.05, 0.1) is 14.9 Å². The summed E-state index contributed by atoms with van der Waals surface area (Å²) >= 11 is 3.02. The Kier molecular flexibility index (Phi) is 6.15. The first-order valence-electron chi connectivity index (χ1n) is 8.07. The molecule has 0 spiro atoms. The Morgan fingerprint density at radius 3 is 2.48 bits per heavy atom. The van der Waals surface area contributed by atoms with E-state index in [9.17, 15) is 23.3 Å². The molecule has 2 heterocycles. The Balaban J connectivity index is 1.63. The number of para-hydroxylation sites is 1. The highest BCUT2D eigenvalue weighted by Crippen LogP contribution is 2.27. The summed E-state index contributed by atoms with van der Waals surface area (Å²) in [6, 6.07) is 9.17. The molecule has 0 saturated carbocycles. The van der Waals surface area contributed by atoms with Gasteiger partial charge in [-0.15, -0.1) is 23.1 Å². The number of sulfonamides is 1. The van der Waals surface area contributed by atoms with Gasteiger partial charge in [-0.05, 0) is 17.5 Å². The Bertz CT molecular complexity index is 923. The molecule has 27 heavy (non-hydrogen) atoms. The van der Waals surface area contributed by atoms with Gasteiger partial charge in [-0.25, -0.2) is 8.42 Å². The molecule has 1 aliphatic rings. The molecule has 0 radical (unpaired) electrons. The number of nitro groups is 1. The molecule has 2 aromatic rings. The molecule has 1 aliphatic heterocycles. The number of carbonyl (C=O) groups excluding carboxylic acids is 1. The molecule has 1 saturated heterocycles. The van der Waals surface area contributed by atoms with E-state index in [0.717, 1.165) is 4.21 Å². The third kappa shape index (κ3) is 4.49. The first-order chi connectivity index (χ1) is 12.9. The molecule has 1 fully saturated rings. The lowest BCUT2D eigenvalue weighted by Gasteiger charge is -2.33. The molecule has 1 aromatic heterocycles. The third-order valence-electron chi connectivity index (χ3n) is 4.10. The van der Waals surface area contributed by atoms with Gasteiger partial charge in [0.1, 0.15) is 0 Å².